The molecule has 0 aliphatic carbocycles. The fraction of sp³-hybridized carbons (Fsp3) is 0.426. The summed E-state index contributed by atoms with van der Waals surface area (Å²) < 4.78 is 19.6. The van der Waals surface area contributed by atoms with Gasteiger partial charge < -0.3 is 44.7 Å². The molecule has 2 atom stereocenters. The molecule has 68 heavy (non-hydrogen) atoms. The molecule has 3 saturated heterocycles. The average Bonchev–Trinajstić information content (AvgIpc) is 4.03. The van der Waals surface area contributed by atoms with Crippen molar-refractivity contribution in [1.82, 2.24) is 34.6 Å². The summed E-state index contributed by atoms with van der Waals surface area (Å²) in [5.74, 6) is -3.26. The van der Waals surface area contributed by atoms with E-state index in [1.165, 1.54) is 32.9 Å². The zero-order valence-electron chi connectivity index (χ0n) is 38.5. The number of carbonyl (C=O) groups excluding carboxylic acids is 6. The highest BCUT2D eigenvalue weighted by molar-refractivity contribution is 6.41. The lowest BCUT2D eigenvalue weighted by Crippen LogP contribution is -2.60. The van der Waals surface area contributed by atoms with Gasteiger partial charge in [-0.1, -0.05) is 23.7 Å². The van der Waals surface area contributed by atoms with E-state index in [-0.39, 0.29) is 42.6 Å². The van der Waals surface area contributed by atoms with E-state index in [1.807, 2.05) is 0 Å². The standard InChI is InChI=1S/C47H53ClN10O10/c1-45(2,3)67-42(63)38-23-29-22-32(12-14-34(29)58(38)44(65)68-46(4,5)6)50-39(60)37(56-20-19-55(40(61)41(56)62)36-24-30(48)9-13-35(36)57-27-49-52-53-57)21-28-7-10-31(11-8-28)51-43(64)54-17-15-47(16-18-54)25-33(59)26-66-47/h7-14,22-24,27,33,37,59H,15-21,25-26H2,1-6H3,(H,50,60)(H,51,64). The van der Waals surface area contributed by atoms with Gasteiger partial charge in [0.1, 0.15) is 29.3 Å². The van der Waals surface area contributed by atoms with Crippen molar-refractivity contribution in [2.75, 3.05) is 48.3 Å². The maximum Gasteiger partial charge on any atom is 0.419 e. The van der Waals surface area contributed by atoms with Gasteiger partial charge in [-0.15, -0.1) is 5.10 Å². The molecular weight excluding hydrogens is 900 g/mol. The van der Waals surface area contributed by atoms with Crippen LogP contribution >= 0.6 is 11.6 Å². The molecule has 3 fully saturated rings. The SMILES string of the molecule is CC(C)(C)OC(=O)c1cc2cc(NC(=O)C(Cc3ccc(NC(=O)N4CCC5(CC4)CC(O)CO5)cc3)N3CCN(c4cc(Cl)ccc4-n4cnnn4)C(=O)C3=O)ccc2n1C(=O)OC(C)(C)C. The van der Waals surface area contributed by atoms with Crippen molar-refractivity contribution >= 4 is 75.4 Å². The number of likely N-dealkylation sites (tertiary alicyclic amines) is 1. The normalized spacial score (nSPS) is 17.9. The predicted octanol–water partition coefficient (Wildman–Crippen LogP) is 5.58. The average molecular weight is 953 g/mol. The molecule has 20 nitrogen and oxygen atoms in total. The minimum Gasteiger partial charge on any atom is -0.455 e. The molecule has 5 aromatic rings. The predicted molar refractivity (Wildman–Crippen MR) is 249 cm³/mol. The Bertz CT molecular complexity index is 2760. The number of benzene rings is 3. The van der Waals surface area contributed by atoms with E-state index >= 15 is 0 Å². The lowest BCUT2D eigenvalue weighted by molar-refractivity contribution is -0.149. The molecule has 0 bridgehead atoms. The number of anilines is 3. The number of tetrazole rings is 1. The van der Waals surface area contributed by atoms with Crippen molar-refractivity contribution in [1.29, 1.82) is 0 Å². The smallest absolute Gasteiger partial charge is 0.419 e. The number of ether oxygens (including phenoxy) is 3. The zero-order chi connectivity index (χ0) is 48.7. The van der Waals surface area contributed by atoms with Gasteiger partial charge in [0.05, 0.1) is 35.2 Å². The Morgan fingerprint density at radius 3 is 2.21 bits per heavy atom. The number of aromatic nitrogens is 5. The minimum atomic E-state index is -1.23. The van der Waals surface area contributed by atoms with Crippen LogP contribution in [0.5, 0.6) is 0 Å². The summed E-state index contributed by atoms with van der Waals surface area (Å²) in [5.41, 5.74) is 0.130. The second kappa shape index (κ2) is 18.6. The van der Waals surface area contributed by atoms with E-state index in [0.29, 0.717) is 71.8 Å². The maximum absolute atomic E-state index is 14.6. The van der Waals surface area contributed by atoms with E-state index in [1.54, 1.807) is 101 Å². The third-order valence-corrected chi connectivity index (χ3v) is 12.0. The van der Waals surface area contributed by atoms with Crippen molar-refractivity contribution in [3.63, 3.8) is 0 Å². The van der Waals surface area contributed by atoms with Gasteiger partial charge in [-0.2, -0.15) is 4.68 Å². The van der Waals surface area contributed by atoms with Gasteiger partial charge in [-0.05, 0) is 125 Å². The fourth-order valence-corrected chi connectivity index (χ4v) is 8.80. The fourth-order valence-electron chi connectivity index (χ4n) is 8.64. The van der Waals surface area contributed by atoms with Crippen molar-refractivity contribution < 1.29 is 48.1 Å². The third-order valence-electron chi connectivity index (χ3n) is 11.8. The van der Waals surface area contributed by atoms with Crippen LogP contribution in [0.1, 0.15) is 76.9 Å². The van der Waals surface area contributed by atoms with Crippen LogP contribution in [-0.2, 0) is 35.0 Å². The van der Waals surface area contributed by atoms with E-state index < -0.39 is 58.7 Å². The molecule has 0 saturated carbocycles. The first-order chi connectivity index (χ1) is 32.2. The monoisotopic (exact) mass is 952 g/mol. The molecule has 5 amide bonds. The largest absolute Gasteiger partial charge is 0.455 e. The van der Waals surface area contributed by atoms with Crippen LogP contribution in [0.2, 0.25) is 5.02 Å². The molecule has 2 aromatic heterocycles. The van der Waals surface area contributed by atoms with Crippen LogP contribution in [0, 0.1) is 0 Å². The lowest BCUT2D eigenvalue weighted by atomic mass is 9.88. The summed E-state index contributed by atoms with van der Waals surface area (Å²) in [6.45, 7) is 11.4. The molecule has 3 aromatic carbocycles. The first-order valence-electron chi connectivity index (χ1n) is 22.2. The van der Waals surface area contributed by atoms with E-state index in [9.17, 15) is 33.9 Å². The molecule has 3 aliphatic heterocycles. The van der Waals surface area contributed by atoms with Crippen molar-refractivity contribution in [3.8, 4) is 5.69 Å². The quantitative estimate of drug-likeness (QED) is 0.121. The number of aliphatic hydroxyl groups excluding tert-OH is 1. The summed E-state index contributed by atoms with van der Waals surface area (Å²) in [5, 5.41) is 27.8. The highest BCUT2D eigenvalue weighted by atomic mass is 35.5. The number of piperazine rings is 1. The molecule has 5 heterocycles. The molecular formula is C47H53ClN10O10. The molecule has 358 valence electrons. The zero-order valence-corrected chi connectivity index (χ0v) is 39.3. The number of esters is 1. The Hall–Kier alpha value is -6.90. The summed E-state index contributed by atoms with van der Waals surface area (Å²) in [6, 6.07) is 16.2. The molecule has 1 spiro atoms. The first kappa shape index (κ1) is 47.6. The van der Waals surface area contributed by atoms with Crippen molar-refractivity contribution in [3.05, 3.63) is 89.3 Å². The van der Waals surface area contributed by atoms with Gasteiger partial charge in [-0.3, -0.25) is 14.4 Å². The number of halogens is 1. The number of nitrogens with zero attached hydrogens (tertiary/aromatic N) is 8. The Balaban J connectivity index is 1.05. The molecule has 3 N–H and O–H groups in total. The van der Waals surface area contributed by atoms with Crippen LogP contribution in [0.15, 0.2) is 73.1 Å². The topological polar surface area (TPSA) is 233 Å². The minimum absolute atomic E-state index is 0.0172. The van der Waals surface area contributed by atoms with E-state index in [0.717, 1.165) is 4.57 Å². The molecule has 3 aliphatic rings. The third kappa shape index (κ3) is 10.5. The number of nitrogens with one attached hydrogen (secondary N) is 2. The molecule has 8 rings (SSSR count). The summed E-state index contributed by atoms with van der Waals surface area (Å²) >= 11 is 6.37. The molecule has 2 unspecified atom stereocenters. The van der Waals surface area contributed by atoms with Gasteiger partial charge in [0, 0.05) is 60.8 Å². The van der Waals surface area contributed by atoms with Crippen molar-refractivity contribution in [2.24, 2.45) is 0 Å². The van der Waals surface area contributed by atoms with Crippen LogP contribution in [0.25, 0.3) is 16.6 Å². The van der Waals surface area contributed by atoms with Gasteiger partial charge in [0.15, 0.2) is 0 Å². The molecule has 21 heteroatoms. The van der Waals surface area contributed by atoms with Crippen LogP contribution in [-0.4, -0.2) is 137 Å². The van der Waals surface area contributed by atoms with E-state index in [4.69, 9.17) is 25.8 Å². The van der Waals surface area contributed by atoms with Crippen LogP contribution in [0.3, 0.4) is 0 Å². The number of amides is 5. The second-order valence-corrected chi connectivity index (χ2v) is 19.6. The Morgan fingerprint density at radius 2 is 1.56 bits per heavy atom. The lowest BCUT2D eigenvalue weighted by Gasteiger charge is -2.38. The first-order valence-corrected chi connectivity index (χ1v) is 22.6. The highest BCUT2D eigenvalue weighted by Crippen LogP contribution is 2.36. The number of piperidine rings is 1. The van der Waals surface area contributed by atoms with Crippen LogP contribution < -0.4 is 15.5 Å². The number of hydrogen-bond acceptors (Lipinski definition) is 13. The Morgan fingerprint density at radius 1 is 0.853 bits per heavy atom. The number of fused-ring (bicyclic) bond motifs is 1. The summed E-state index contributed by atoms with van der Waals surface area (Å²) in [7, 11) is 0. The van der Waals surface area contributed by atoms with Gasteiger partial charge >= 0.3 is 29.9 Å². The van der Waals surface area contributed by atoms with E-state index in [2.05, 4.69) is 26.2 Å². The number of aliphatic hydroxyl groups is 1. The Kier molecular flexibility index (Phi) is 13.0. The number of rotatable bonds is 9. The van der Waals surface area contributed by atoms with Gasteiger partial charge in [0.2, 0.25) is 5.91 Å². The highest BCUT2D eigenvalue weighted by Gasteiger charge is 2.44. The van der Waals surface area contributed by atoms with Crippen molar-refractivity contribution in [2.45, 2.75) is 96.2 Å². The number of urea groups is 1. The molecule has 0 radical (unpaired) electrons. The van der Waals surface area contributed by atoms with Crippen LogP contribution in [0.4, 0.5) is 26.7 Å². The Labute approximate surface area is 396 Å². The summed E-state index contributed by atoms with van der Waals surface area (Å²) in [4.78, 5) is 87.4. The summed E-state index contributed by atoms with van der Waals surface area (Å²) in [6.07, 6.45) is 1.80. The number of carbonyl (C=O) groups is 6. The number of hydrogen-bond donors (Lipinski definition) is 3. The van der Waals surface area contributed by atoms with Gasteiger partial charge in [0.25, 0.3) is 0 Å². The maximum atomic E-state index is 14.6. The van der Waals surface area contributed by atoms with Gasteiger partial charge in [-0.25, -0.2) is 19.0 Å². The second-order valence-electron chi connectivity index (χ2n) is 19.1.